The number of hydrogen-bond donors (Lipinski definition) is 2. The van der Waals surface area contributed by atoms with Crippen molar-refractivity contribution in [3.8, 4) is 0 Å². The minimum atomic E-state index is -0.495. The maximum Gasteiger partial charge on any atom is 0.250 e. The van der Waals surface area contributed by atoms with E-state index in [9.17, 15) is 9.18 Å². The van der Waals surface area contributed by atoms with Gasteiger partial charge in [-0.05, 0) is 31.5 Å². The van der Waals surface area contributed by atoms with E-state index < -0.39 is 5.82 Å². The minimum absolute atomic E-state index is 0.0368. The van der Waals surface area contributed by atoms with E-state index in [4.69, 9.17) is 10.5 Å². The molecule has 0 saturated heterocycles. The van der Waals surface area contributed by atoms with Gasteiger partial charge in [-0.15, -0.1) is 0 Å². The number of amides is 1. The maximum absolute atomic E-state index is 13.5. The number of nitrogens with two attached hydrogens (primary N) is 1. The molecule has 0 aliphatic heterocycles. The van der Waals surface area contributed by atoms with Crippen molar-refractivity contribution in [3.63, 3.8) is 0 Å². The third-order valence-corrected chi connectivity index (χ3v) is 2.09. The number of benzene rings is 1. The van der Waals surface area contributed by atoms with Crippen LogP contribution in [0.4, 0.5) is 10.1 Å². The Morgan fingerprint density at radius 1 is 1.53 bits per heavy atom. The van der Waals surface area contributed by atoms with Gasteiger partial charge in [0.2, 0.25) is 5.91 Å². The molecular weight excluding hydrogens is 223 g/mol. The van der Waals surface area contributed by atoms with Crippen molar-refractivity contribution in [3.05, 3.63) is 29.6 Å². The monoisotopic (exact) mass is 240 g/mol. The number of nitrogens with one attached hydrogen (secondary N) is 1. The average molecular weight is 240 g/mol. The van der Waals surface area contributed by atoms with Crippen LogP contribution in [0.3, 0.4) is 0 Å². The number of rotatable bonds is 5. The molecule has 0 atom stereocenters. The van der Waals surface area contributed by atoms with Crippen LogP contribution in [0.2, 0.25) is 0 Å². The Labute approximate surface area is 100.0 Å². The van der Waals surface area contributed by atoms with Crippen LogP contribution in [0.15, 0.2) is 18.2 Å². The van der Waals surface area contributed by atoms with Gasteiger partial charge in [-0.3, -0.25) is 4.79 Å². The van der Waals surface area contributed by atoms with Crippen LogP contribution in [0, 0.1) is 5.82 Å². The van der Waals surface area contributed by atoms with E-state index in [1.807, 2.05) is 13.8 Å². The minimum Gasteiger partial charge on any atom is -0.369 e. The molecule has 0 aliphatic carbocycles. The second kappa shape index (κ2) is 6.32. The summed E-state index contributed by atoms with van der Waals surface area (Å²) in [4.78, 5) is 11.4. The van der Waals surface area contributed by atoms with Crippen molar-refractivity contribution in [2.24, 2.45) is 5.73 Å². The SMILES string of the molecule is CC(C)OCC(=O)Nc1ccc(CN)cc1F. The lowest BCUT2D eigenvalue weighted by Crippen LogP contribution is -2.21. The van der Waals surface area contributed by atoms with Gasteiger partial charge >= 0.3 is 0 Å². The smallest absolute Gasteiger partial charge is 0.250 e. The molecule has 0 aliphatic rings. The van der Waals surface area contributed by atoms with Gasteiger partial charge < -0.3 is 15.8 Å². The van der Waals surface area contributed by atoms with E-state index in [1.54, 1.807) is 6.07 Å². The van der Waals surface area contributed by atoms with E-state index in [1.165, 1.54) is 12.1 Å². The second-order valence-electron chi connectivity index (χ2n) is 3.93. The zero-order valence-corrected chi connectivity index (χ0v) is 10.00. The van der Waals surface area contributed by atoms with Gasteiger partial charge in [0.05, 0.1) is 11.8 Å². The molecule has 3 N–H and O–H groups in total. The topological polar surface area (TPSA) is 64.3 Å². The van der Waals surface area contributed by atoms with Gasteiger partial charge in [0.15, 0.2) is 0 Å². The van der Waals surface area contributed by atoms with Gasteiger partial charge in [0, 0.05) is 6.54 Å². The normalized spacial score (nSPS) is 10.6. The second-order valence-corrected chi connectivity index (χ2v) is 3.93. The first-order valence-electron chi connectivity index (χ1n) is 5.43. The summed E-state index contributed by atoms with van der Waals surface area (Å²) < 4.78 is 18.6. The molecule has 0 aromatic heterocycles. The van der Waals surface area contributed by atoms with Gasteiger partial charge in [-0.1, -0.05) is 6.07 Å². The quantitative estimate of drug-likeness (QED) is 0.822. The molecule has 0 bridgehead atoms. The summed E-state index contributed by atoms with van der Waals surface area (Å²) in [6, 6.07) is 4.46. The fraction of sp³-hybridized carbons (Fsp3) is 0.417. The molecule has 1 amide bonds. The van der Waals surface area contributed by atoms with Crippen molar-refractivity contribution in [2.45, 2.75) is 26.5 Å². The molecule has 1 aromatic carbocycles. The van der Waals surface area contributed by atoms with Crippen LogP contribution in [-0.4, -0.2) is 18.6 Å². The molecule has 0 radical (unpaired) electrons. The zero-order chi connectivity index (χ0) is 12.8. The van der Waals surface area contributed by atoms with Crippen molar-refractivity contribution in [2.75, 3.05) is 11.9 Å². The van der Waals surface area contributed by atoms with Crippen LogP contribution in [0.1, 0.15) is 19.4 Å². The summed E-state index contributed by atoms with van der Waals surface area (Å²) in [7, 11) is 0. The number of ether oxygens (including phenoxy) is 1. The van der Waals surface area contributed by atoms with E-state index >= 15 is 0 Å². The van der Waals surface area contributed by atoms with Gasteiger partial charge in [0.25, 0.3) is 0 Å². The Morgan fingerprint density at radius 3 is 2.76 bits per heavy atom. The first-order valence-corrected chi connectivity index (χ1v) is 5.43. The Hall–Kier alpha value is -1.46. The van der Waals surface area contributed by atoms with Crippen molar-refractivity contribution in [1.82, 2.24) is 0 Å². The highest BCUT2D eigenvalue weighted by atomic mass is 19.1. The van der Waals surface area contributed by atoms with E-state index in [2.05, 4.69) is 5.32 Å². The molecular formula is C12H17FN2O2. The molecule has 0 saturated carbocycles. The average Bonchev–Trinajstić information content (AvgIpc) is 2.29. The Bertz CT molecular complexity index is 394. The molecule has 5 heteroatoms. The third kappa shape index (κ3) is 4.50. The number of carbonyl (C=O) groups is 1. The van der Waals surface area contributed by atoms with E-state index in [0.29, 0.717) is 5.56 Å². The lowest BCUT2D eigenvalue weighted by Gasteiger charge is -2.09. The number of halogens is 1. The molecule has 17 heavy (non-hydrogen) atoms. The summed E-state index contributed by atoms with van der Waals surface area (Å²) in [5, 5.41) is 2.44. The van der Waals surface area contributed by atoms with Crippen LogP contribution < -0.4 is 11.1 Å². The van der Waals surface area contributed by atoms with Crippen molar-refractivity contribution in [1.29, 1.82) is 0 Å². The summed E-state index contributed by atoms with van der Waals surface area (Å²) in [6.07, 6.45) is -0.0368. The Morgan fingerprint density at radius 2 is 2.24 bits per heavy atom. The third-order valence-electron chi connectivity index (χ3n) is 2.09. The predicted molar refractivity (Wildman–Crippen MR) is 64.0 cm³/mol. The first-order chi connectivity index (χ1) is 8.02. The molecule has 4 nitrogen and oxygen atoms in total. The van der Waals surface area contributed by atoms with Crippen molar-refractivity contribution >= 4 is 11.6 Å². The Kier molecular flexibility index (Phi) is 5.06. The highest BCUT2D eigenvalue weighted by Gasteiger charge is 2.08. The van der Waals surface area contributed by atoms with Gasteiger partial charge in [-0.25, -0.2) is 4.39 Å². The van der Waals surface area contributed by atoms with Crippen LogP contribution in [0.5, 0.6) is 0 Å². The molecule has 0 spiro atoms. The summed E-state index contributed by atoms with van der Waals surface area (Å²) in [5.74, 6) is -0.871. The van der Waals surface area contributed by atoms with Crippen molar-refractivity contribution < 1.29 is 13.9 Å². The highest BCUT2D eigenvalue weighted by molar-refractivity contribution is 5.91. The molecule has 0 fully saturated rings. The molecule has 1 aromatic rings. The molecule has 1 rings (SSSR count). The van der Waals surface area contributed by atoms with Crippen LogP contribution >= 0.6 is 0 Å². The van der Waals surface area contributed by atoms with E-state index in [-0.39, 0.29) is 30.9 Å². The molecule has 0 heterocycles. The largest absolute Gasteiger partial charge is 0.369 e. The first kappa shape index (κ1) is 13.6. The lowest BCUT2D eigenvalue weighted by atomic mass is 10.2. The maximum atomic E-state index is 13.5. The lowest BCUT2D eigenvalue weighted by molar-refractivity contribution is -0.121. The van der Waals surface area contributed by atoms with Gasteiger partial charge in [0.1, 0.15) is 12.4 Å². The van der Waals surface area contributed by atoms with Crippen LogP contribution in [-0.2, 0) is 16.1 Å². The molecule has 0 unspecified atom stereocenters. The van der Waals surface area contributed by atoms with Crippen LogP contribution in [0.25, 0.3) is 0 Å². The highest BCUT2D eigenvalue weighted by Crippen LogP contribution is 2.15. The number of anilines is 1. The van der Waals surface area contributed by atoms with E-state index in [0.717, 1.165) is 0 Å². The predicted octanol–water partition coefficient (Wildman–Crippen LogP) is 1.65. The summed E-state index contributed by atoms with van der Waals surface area (Å²) >= 11 is 0. The zero-order valence-electron chi connectivity index (χ0n) is 10.00. The number of carbonyl (C=O) groups excluding carboxylic acids is 1. The fourth-order valence-electron chi connectivity index (χ4n) is 1.22. The van der Waals surface area contributed by atoms with Gasteiger partial charge in [-0.2, -0.15) is 0 Å². The standard InChI is InChI=1S/C12H17FN2O2/c1-8(2)17-7-12(16)15-11-4-3-9(6-14)5-10(11)13/h3-5,8H,6-7,14H2,1-2H3,(H,15,16). The Balaban J connectivity index is 2.59. The summed E-state index contributed by atoms with van der Waals surface area (Å²) in [6.45, 7) is 3.82. The fourth-order valence-corrected chi connectivity index (χ4v) is 1.22. The molecule has 94 valence electrons. The number of hydrogen-bond acceptors (Lipinski definition) is 3. The summed E-state index contributed by atoms with van der Waals surface area (Å²) in [5.41, 5.74) is 6.20.